The van der Waals surface area contributed by atoms with Crippen LogP contribution in [0.2, 0.25) is 0 Å². The first-order chi connectivity index (χ1) is 9.49. The minimum atomic E-state index is -0.122. The lowest BCUT2D eigenvalue weighted by atomic mass is 10.1. The van der Waals surface area contributed by atoms with Crippen molar-refractivity contribution in [1.82, 2.24) is 10.3 Å². The molecule has 1 aromatic rings. The van der Waals surface area contributed by atoms with E-state index in [1.54, 1.807) is 6.92 Å². The predicted octanol–water partition coefficient (Wildman–Crippen LogP) is 2.08. The molecule has 106 valence electrons. The number of thioether (sulfide) groups is 1. The van der Waals surface area contributed by atoms with E-state index in [-0.39, 0.29) is 17.4 Å². The summed E-state index contributed by atoms with van der Waals surface area (Å²) in [7, 11) is 0. The molecule has 1 amide bonds. The molecule has 0 aliphatic heterocycles. The Labute approximate surface area is 122 Å². The first-order valence-electron chi connectivity index (χ1n) is 6.31. The summed E-state index contributed by atoms with van der Waals surface area (Å²) in [5.41, 5.74) is 1.35. The van der Waals surface area contributed by atoms with E-state index in [1.807, 2.05) is 13.0 Å². The molecule has 0 aromatic carbocycles. The number of pyridine rings is 1. The van der Waals surface area contributed by atoms with Crippen molar-refractivity contribution in [2.45, 2.75) is 32.2 Å². The molecule has 20 heavy (non-hydrogen) atoms. The monoisotopic (exact) mass is 291 g/mol. The maximum Gasteiger partial charge on any atom is 0.230 e. The lowest BCUT2D eigenvalue weighted by molar-refractivity contribution is -0.118. The minimum absolute atomic E-state index is 0.0872. The van der Waals surface area contributed by atoms with Gasteiger partial charge < -0.3 is 5.32 Å². The number of Topliss-reactive ketones (excluding diaryl/α,β-unsaturated/α-hetero) is 1. The smallest absolute Gasteiger partial charge is 0.230 e. The summed E-state index contributed by atoms with van der Waals surface area (Å²) in [6, 6.07) is 3.56. The number of aryl methyl sites for hydroxylation is 1. The van der Waals surface area contributed by atoms with E-state index in [1.165, 1.54) is 24.8 Å². The van der Waals surface area contributed by atoms with Crippen LogP contribution < -0.4 is 5.32 Å². The standard InChI is InChI=1S/C14H17N3O2S/c1-4-5-16-13(19)8-20-14-11(7-15)6-12(10(3)18)9(2)17-14/h6H,4-5,8H2,1-3H3,(H,16,19). The highest BCUT2D eigenvalue weighted by molar-refractivity contribution is 8.00. The highest BCUT2D eigenvalue weighted by atomic mass is 32.2. The molecule has 0 bridgehead atoms. The second-order valence-electron chi connectivity index (χ2n) is 4.28. The fraction of sp³-hybridized carbons (Fsp3) is 0.429. The van der Waals surface area contributed by atoms with Crippen molar-refractivity contribution in [2.24, 2.45) is 0 Å². The molecular formula is C14H17N3O2S. The predicted molar refractivity (Wildman–Crippen MR) is 77.7 cm³/mol. The van der Waals surface area contributed by atoms with Crippen molar-refractivity contribution in [3.05, 3.63) is 22.9 Å². The number of carbonyl (C=O) groups excluding carboxylic acids is 2. The molecule has 0 aliphatic rings. The fourth-order valence-electron chi connectivity index (χ4n) is 1.58. The zero-order valence-electron chi connectivity index (χ0n) is 11.8. The second-order valence-corrected chi connectivity index (χ2v) is 5.24. The fourth-order valence-corrected chi connectivity index (χ4v) is 2.41. The Balaban J connectivity index is 2.86. The van der Waals surface area contributed by atoms with Gasteiger partial charge in [-0.15, -0.1) is 0 Å². The van der Waals surface area contributed by atoms with Gasteiger partial charge >= 0.3 is 0 Å². The zero-order chi connectivity index (χ0) is 15.1. The number of nitriles is 1. The van der Waals surface area contributed by atoms with E-state index in [0.29, 0.717) is 28.4 Å². The van der Waals surface area contributed by atoms with Crippen LogP contribution in [0.15, 0.2) is 11.1 Å². The molecule has 1 N–H and O–H groups in total. The average Bonchev–Trinajstić information content (AvgIpc) is 2.42. The number of carbonyl (C=O) groups is 2. The average molecular weight is 291 g/mol. The molecule has 0 spiro atoms. The highest BCUT2D eigenvalue weighted by Crippen LogP contribution is 2.22. The van der Waals surface area contributed by atoms with Crippen LogP contribution >= 0.6 is 11.8 Å². The zero-order valence-corrected chi connectivity index (χ0v) is 12.6. The van der Waals surface area contributed by atoms with Gasteiger partial charge in [-0.1, -0.05) is 18.7 Å². The maximum absolute atomic E-state index is 11.5. The van der Waals surface area contributed by atoms with Gasteiger partial charge in [-0.3, -0.25) is 9.59 Å². The van der Waals surface area contributed by atoms with Crippen molar-refractivity contribution >= 4 is 23.5 Å². The van der Waals surface area contributed by atoms with Gasteiger partial charge in [0.2, 0.25) is 5.91 Å². The first kappa shape index (κ1) is 16.2. The van der Waals surface area contributed by atoms with Crippen molar-refractivity contribution in [2.75, 3.05) is 12.3 Å². The molecule has 0 fully saturated rings. The van der Waals surface area contributed by atoms with Crippen molar-refractivity contribution in [3.8, 4) is 6.07 Å². The molecule has 1 aromatic heterocycles. The van der Waals surface area contributed by atoms with Crippen LogP contribution in [0.5, 0.6) is 0 Å². The Morgan fingerprint density at radius 3 is 2.75 bits per heavy atom. The van der Waals surface area contributed by atoms with E-state index in [4.69, 9.17) is 5.26 Å². The Morgan fingerprint density at radius 1 is 1.50 bits per heavy atom. The second kappa shape index (κ2) is 7.65. The number of nitrogens with one attached hydrogen (secondary N) is 1. The molecule has 0 atom stereocenters. The molecule has 1 rings (SSSR count). The molecule has 0 radical (unpaired) electrons. The Hall–Kier alpha value is -1.87. The molecular weight excluding hydrogens is 274 g/mol. The van der Waals surface area contributed by atoms with E-state index in [9.17, 15) is 9.59 Å². The van der Waals surface area contributed by atoms with Crippen LogP contribution in [0.4, 0.5) is 0 Å². The van der Waals surface area contributed by atoms with Gasteiger partial charge in [0.05, 0.1) is 11.3 Å². The Morgan fingerprint density at radius 2 is 2.20 bits per heavy atom. The number of hydrogen-bond acceptors (Lipinski definition) is 5. The normalized spacial score (nSPS) is 9.90. The summed E-state index contributed by atoms with van der Waals surface area (Å²) < 4.78 is 0. The van der Waals surface area contributed by atoms with E-state index in [2.05, 4.69) is 10.3 Å². The number of hydrogen-bond donors (Lipinski definition) is 1. The van der Waals surface area contributed by atoms with Crippen molar-refractivity contribution in [1.29, 1.82) is 5.26 Å². The Kier molecular flexibility index (Phi) is 6.19. The van der Waals surface area contributed by atoms with Crippen molar-refractivity contribution < 1.29 is 9.59 Å². The van der Waals surface area contributed by atoms with Crippen LogP contribution in [0.1, 0.15) is 41.9 Å². The van der Waals surface area contributed by atoms with Crippen molar-refractivity contribution in [3.63, 3.8) is 0 Å². The molecule has 0 unspecified atom stereocenters. The lowest BCUT2D eigenvalue weighted by Gasteiger charge is -2.08. The topological polar surface area (TPSA) is 82.8 Å². The summed E-state index contributed by atoms with van der Waals surface area (Å²) in [6.07, 6.45) is 0.879. The number of nitrogens with zero attached hydrogens (tertiary/aromatic N) is 2. The van der Waals surface area contributed by atoms with E-state index >= 15 is 0 Å². The van der Waals surface area contributed by atoms with Crippen LogP contribution in [-0.2, 0) is 4.79 Å². The van der Waals surface area contributed by atoms with Gasteiger partial charge in [-0.25, -0.2) is 4.98 Å². The van der Waals surface area contributed by atoms with Gasteiger partial charge in [0.1, 0.15) is 11.1 Å². The number of amides is 1. The third-order valence-corrected chi connectivity index (χ3v) is 3.58. The third-order valence-electron chi connectivity index (χ3n) is 2.59. The highest BCUT2D eigenvalue weighted by Gasteiger charge is 2.13. The summed E-state index contributed by atoms with van der Waals surface area (Å²) in [5, 5.41) is 12.4. The van der Waals surface area contributed by atoms with Crippen LogP contribution in [0.3, 0.4) is 0 Å². The van der Waals surface area contributed by atoms with E-state index in [0.717, 1.165) is 6.42 Å². The minimum Gasteiger partial charge on any atom is -0.355 e. The first-order valence-corrected chi connectivity index (χ1v) is 7.30. The molecule has 6 heteroatoms. The molecule has 0 saturated carbocycles. The number of aromatic nitrogens is 1. The van der Waals surface area contributed by atoms with Crippen LogP contribution in [-0.4, -0.2) is 29.0 Å². The summed E-state index contributed by atoms with van der Waals surface area (Å²) in [6.45, 7) is 5.78. The van der Waals surface area contributed by atoms with Crippen LogP contribution in [0.25, 0.3) is 0 Å². The molecule has 5 nitrogen and oxygen atoms in total. The number of ketones is 1. The molecule has 0 saturated heterocycles. The molecule has 1 heterocycles. The van der Waals surface area contributed by atoms with Gasteiger partial charge in [0.15, 0.2) is 5.78 Å². The largest absolute Gasteiger partial charge is 0.355 e. The Bertz CT molecular complexity index is 564. The summed E-state index contributed by atoms with van der Waals surface area (Å²) >= 11 is 1.21. The van der Waals surface area contributed by atoms with Gasteiger partial charge in [0.25, 0.3) is 0 Å². The summed E-state index contributed by atoms with van der Waals surface area (Å²) in [5.74, 6) is 0.000141. The van der Waals surface area contributed by atoms with Gasteiger partial charge in [-0.2, -0.15) is 5.26 Å². The SMILES string of the molecule is CCCNC(=O)CSc1nc(C)c(C(C)=O)cc1C#N. The third kappa shape index (κ3) is 4.35. The lowest BCUT2D eigenvalue weighted by Crippen LogP contribution is -2.25. The number of rotatable bonds is 6. The van der Waals surface area contributed by atoms with Gasteiger partial charge in [-0.05, 0) is 26.3 Å². The maximum atomic E-state index is 11.5. The molecule has 0 aliphatic carbocycles. The van der Waals surface area contributed by atoms with E-state index < -0.39 is 0 Å². The van der Waals surface area contributed by atoms with Gasteiger partial charge in [0, 0.05) is 17.8 Å². The van der Waals surface area contributed by atoms with Crippen LogP contribution in [0, 0.1) is 18.3 Å². The summed E-state index contributed by atoms with van der Waals surface area (Å²) in [4.78, 5) is 27.2. The quantitative estimate of drug-likeness (QED) is 0.641.